The molecule has 1 heterocycles. The summed E-state index contributed by atoms with van der Waals surface area (Å²) in [4.78, 5) is 0. The molecule has 0 saturated carbocycles. The summed E-state index contributed by atoms with van der Waals surface area (Å²) in [5.41, 5.74) is -0.611. The fraction of sp³-hybridized carbons (Fsp3) is 0.750. The van der Waals surface area contributed by atoms with Crippen LogP contribution in [0.1, 0.15) is 19.7 Å². The summed E-state index contributed by atoms with van der Waals surface area (Å²) in [6, 6.07) is 0. The lowest BCUT2D eigenvalue weighted by Gasteiger charge is -2.25. The van der Waals surface area contributed by atoms with Gasteiger partial charge in [0.05, 0.1) is 6.26 Å². The smallest absolute Gasteiger partial charge is 0.209 e. The third-order valence-corrected chi connectivity index (χ3v) is 3.20. The Kier molecular flexibility index (Phi) is 3.56. The van der Waals surface area contributed by atoms with E-state index >= 15 is 0 Å². The molecular formula is C8H16N4O2S2. The third kappa shape index (κ3) is 3.69. The molecule has 16 heavy (non-hydrogen) atoms. The van der Waals surface area contributed by atoms with E-state index in [1.54, 1.807) is 18.4 Å². The van der Waals surface area contributed by atoms with Crippen molar-refractivity contribution < 1.29 is 8.42 Å². The summed E-state index contributed by atoms with van der Waals surface area (Å²) in [5, 5.41) is 6.63. The number of hydrogen-bond donors (Lipinski definition) is 2. The molecule has 0 spiro atoms. The summed E-state index contributed by atoms with van der Waals surface area (Å²) >= 11 is 5.05. The summed E-state index contributed by atoms with van der Waals surface area (Å²) < 4.78 is 27.1. The maximum atomic E-state index is 11.2. The molecule has 2 N–H and O–H groups in total. The zero-order chi connectivity index (χ0) is 12.6. The van der Waals surface area contributed by atoms with Crippen molar-refractivity contribution in [2.24, 2.45) is 0 Å². The fourth-order valence-corrected chi connectivity index (χ4v) is 2.82. The lowest BCUT2D eigenvalue weighted by Crippen LogP contribution is -2.46. The van der Waals surface area contributed by atoms with E-state index in [1.807, 2.05) is 6.92 Å². The number of aryl methyl sites for hydroxylation is 1. The van der Waals surface area contributed by atoms with Gasteiger partial charge < -0.3 is 4.57 Å². The maximum absolute atomic E-state index is 11.2. The van der Waals surface area contributed by atoms with Gasteiger partial charge in [-0.3, -0.25) is 5.10 Å². The lowest BCUT2D eigenvalue weighted by atomic mass is 10.1. The summed E-state index contributed by atoms with van der Waals surface area (Å²) in [7, 11) is -3.24. The Hall–Kier alpha value is -0.730. The van der Waals surface area contributed by atoms with E-state index in [1.165, 1.54) is 0 Å². The van der Waals surface area contributed by atoms with Gasteiger partial charge in [0.2, 0.25) is 10.0 Å². The molecule has 0 aliphatic heterocycles. The molecule has 0 amide bonds. The van der Waals surface area contributed by atoms with Crippen LogP contribution in [0, 0.1) is 11.7 Å². The number of sulfonamides is 1. The number of nitrogens with one attached hydrogen (secondary N) is 2. The molecule has 0 atom stereocenters. The van der Waals surface area contributed by atoms with Crippen LogP contribution in [0.5, 0.6) is 0 Å². The summed E-state index contributed by atoms with van der Waals surface area (Å²) in [5.74, 6) is 0.730. The van der Waals surface area contributed by atoms with Gasteiger partial charge in [-0.05, 0) is 33.0 Å². The molecule has 0 saturated heterocycles. The predicted molar refractivity (Wildman–Crippen MR) is 64.2 cm³/mol. The van der Waals surface area contributed by atoms with Crippen molar-refractivity contribution in [1.82, 2.24) is 19.5 Å². The zero-order valence-corrected chi connectivity index (χ0v) is 11.4. The van der Waals surface area contributed by atoms with Crippen LogP contribution in [0.2, 0.25) is 0 Å². The SMILES string of the molecule is Cc1n[nH]c(=S)n1CC(C)(C)NS(C)(=O)=O. The molecule has 1 aromatic rings. The number of H-pyrrole nitrogens is 1. The highest BCUT2D eigenvalue weighted by atomic mass is 32.2. The number of aromatic nitrogens is 3. The second kappa shape index (κ2) is 4.27. The van der Waals surface area contributed by atoms with Gasteiger partial charge >= 0.3 is 0 Å². The molecule has 0 bridgehead atoms. The van der Waals surface area contributed by atoms with Crippen LogP contribution in [0.3, 0.4) is 0 Å². The standard InChI is InChI=1S/C8H16N4O2S2/c1-6-9-10-7(15)12(6)5-8(2,3)11-16(4,13)14/h11H,5H2,1-4H3,(H,10,15). The van der Waals surface area contributed by atoms with E-state index in [9.17, 15) is 8.42 Å². The minimum absolute atomic E-state index is 0.432. The molecule has 0 fully saturated rings. The Morgan fingerprint density at radius 2 is 2.12 bits per heavy atom. The average molecular weight is 264 g/mol. The van der Waals surface area contributed by atoms with Crippen molar-refractivity contribution in [1.29, 1.82) is 0 Å². The second-order valence-electron chi connectivity index (χ2n) is 4.42. The van der Waals surface area contributed by atoms with E-state index < -0.39 is 15.6 Å². The fourth-order valence-electron chi connectivity index (χ4n) is 1.51. The zero-order valence-electron chi connectivity index (χ0n) is 9.73. The second-order valence-corrected chi connectivity index (χ2v) is 6.56. The Labute approximate surface area is 100 Å². The van der Waals surface area contributed by atoms with Gasteiger partial charge in [-0.2, -0.15) is 5.10 Å². The number of hydrogen-bond acceptors (Lipinski definition) is 4. The number of rotatable bonds is 4. The van der Waals surface area contributed by atoms with Gasteiger partial charge in [0.25, 0.3) is 0 Å². The minimum atomic E-state index is -3.24. The van der Waals surface area contributed by atoms with Crippen LogP contribution in [-0.2, 0) is 16.6 Å². The Morgan fingerprint density at radius 1 is 1.56 bits per heavy atom. The van der Waals surface area contributed by atoms with Gasteiger partial charge in [-0.1, -0.05) is 0 Å². The van der Waals surface area contributed by atoms with Crippen molar-refractivity contribution in [3.05, 3.63) is 10.6 Å². The normalized spacial score (nSPS) is 13.0. The van der Waals surface area contributed by atoms with Gasteiger partial charge in [-0.25, -0.2) is 13.1 Å². The highest BCUT2D eigenvalue weighted by Gasteiger charge is 2.23. The Bertz CT molecular complexity index is 526. The van der Waals surface area contributed by atoms with Crippen LogP contribution >= 0.6 is 12.2 Å². The van der Waals surface area contributed by atoms with Crippen LogP contribution in [-0.4, -0.2) is 35.0 Å². The molecule has 0 aliphatic rings. The van der Waals surface area contributed by atoms with Crippen LogP contribution < -0.4 is 4.72 Å². The maximum Gasteiger partial charge on any atom is 0.209 e. The van der Waals surface area contributed by atoms with Gasteiger partial charge in [0.1, 0.15) is 5.82 Å². The molecule has 1 aromatic heterocycles. The summed E-state index contributed by atoms with van der Waals surface area (Å²) in [6.07, 6.45) is 1.14. The number of aromatic amines is 1. The van der Waals surface area contributed by atoms with E-state index in [-0.39, 0.29) is 0 Å². The van der Waals surface area contributed by atoms with E-state index in [4.69, 9.17) is 12.2 Å². The van der Waals surface area contributed by atoms with Crippen LogP contribution in [0.25, 0.3) is 0 Å². The topological polar surface area (TPSA) is 79.8 Å². The van der Waals surface area contributed by atoms with Crippen molar-refractivity contribution >= 4 is 22.2 Å². The average Bonchev–Trinajstić information content (AvgIpc) is 2.30. The molecule has 0 aromatic carbocycles. The van der Waals surface area contributed by atoms with Crippen molar-refractivity contribution in [2.45, 2.75) is 32.9 Å². The molecular weight excluding hydrogens is 248 g/mol. The van der Waals surface area contributed by atoms with E-state index in [0.29, 0.717) is 11.3 Å². The minimum Gasteiger partial charge on any atom is -0.303 e. The third-order valence-electron chi connectivity index (χ3n) is 1.96. The monoisotopic (exact) mass is 264 g/mol. The van der Waals surface area contributed by atoms with E-state index in [2.05, 4.69) is 14.9 Å². The first-order valence-corrected chi connectivity index (χ1v) is 7.01. The van der Waals surface area contributed by atoms with Crippen LogP contribution in [0.4, 0.5) is 0 Å². The largest absolute Gasteiger partial charge is 0.303 e. The predicted octanol–water partition coefficient (Wildman–Crippen LogP) is 0.577. The lowest BCUT2D eigenvalue weighted by molar-refractivity contribution is 0.385. The quantitative estimate of drug-likeness (QED) is 0.780. The molecule has 0 radical (unpaired) electrons. The molecule has 8 heteroatoms. The first-order valence-electron chi connectivity index (χ1n) is 4.71. The first kappa shape index (κ1) is 13.3. The Balaban J connectivity index is 2.93. The highest BCUT2D eigenvalue weighted by molar-refractivity contribution is 7.88. The van der Waals surface area contributed by atoms with E-state index in [0.717, 1.165) is 12.1 Å². The molecule has 6 nitrogen and oxygen atoms in total. The summed E-state index contributed by atoms with van der Waals surface area (Å²) in [6.45, 7) is 5.83. The highest BCUT2D eigenvalue weighted by Crippen LogP contribution is 2.09. The van der Waals surface area contributed by atoms with Gasteiger partial charge in [0.15, 0.2) is 4.77 Å². The van der Waals surface area contributed by atoms with Gasteiger partial charge in [0, 0.05) is 12.1 Å². The molecule has 0 unspecified atom stereocenters. The van der Waals surface area contributed by atoms with Crippen LogP contribution in [0.15, 0.2) is 0 Å². The Morgan fingerprint density at radius 3 is 2.50 bits per heavy atom. The molecule has 0 aliphatic carbocycles. The van der Waals surface area contributed by atoms with Gasteiger partial charge in [-0.15, -0.1) is 0 Å². The number of nitrogens with zero attached hydrogens (tertiary/aromatic N) is 2. The molecule has 1 rings (SSSR count). The molecule has 92 valence electrons. The van der Waals surface area contributed by atoms with Crippen molar-refractivity contribution in [3.63, 3.8) is 0 Å². The first-order chi connectivity index (χ1) is 7.11. The van der Waals surface area contributed by atoms with Crippen molar-refractivity contribution in [2.75, 3.05) is 6.26 Å². The van der Waals surface area contributed by atoms with Crippen molar-refractivity contribution in [3.8, 4) is 0 Å².